The summed E-state index contributed by atoms with van der Waals surface area (Å²) in [7, 11) is 5.52. The molecule has 0 radical (unpaired) electrons. The predicted molar refractivity (Wildman–Crippen MR) is 261 cm³/mol. The zero-order chi connectivity index (χ0) is 45.6. The molecule has 0 saturated carbocycles. The van der Waals surface area contributed by atoms with Crippen molar-refractivity contribution in [3.05, 3.63) is 36.5 Å². The van der Waals surface area contributed by atoms with Crippen LogP contribution in [0.2, 0.25) is 0 Å². The molecule has 0 rings (SSSR count). The number of carboxylic acid groups (broad SMARTS) is 1. The van der Waals surface area contributed by atoms with Crippen molar-refractivity contribution in [2.24, 2.45) is 0 Å². The molecule has 0 spiro atoms. The van der Waals surface area contributed by atoms with Gasteiger partial charge in [0.1, 0.15) is 6.61 Å². The summed E-state index contributed by atoms with van der Waals surface area (Å²) in [6.45, 7) is 4.71. The van der Waals surface area contributed by atoms with Gasteiger partial charge in [0.15, 0.2) is 12.1 Å². The Labute approximate surface area is 383 Å². The molecule has 62 heavy (non-hydrogen) atoms. The minimum atomic E-state index is -0.880. The van der Waals surface area contributed by atoms with E-state index in [1.165, 1.54) is 161 Å². The lowest BCUT2D eigenvalue weighted by atomic mass is 10.0. The first-order valence-corrected chi connectivity index (χ1v) is 26.0. The van der Waals surface area contributed by atoms with E-state index >= 15 is 0 Å². The number of ether oxygens (including phenoxy) is 3. The van der Waals surface area contributed by atoms with Crippen LogP contribution in [0.5, 0.6) is 0 Å². The number of unbranched alkanes of at least 4 members (excludes halogenated alkanes) is 27. The number of likely N-dealkylation sites (N-methyl/N-ethyl adjacent to an activating group) is 1. The monoisotopic (exact) mass is 875 g/mol. The van der Waals surface area contributed by atoms with E-state index in [1.807, 2.05) is 21.1 Å². The van der Waals surface area contributed by atoms with Gasteiger partial charge >= 0.3 is 17.9 Å². The molecule has 0 heterocycles. The third kappa shape index (κ3) is 42.8. The number of carbonyl (C=O) groups excluding carboxylic acids is 2. The molecule has 2 atom stereocenters. The average Bonchev–Trinajstić information content (AvgIpc) is 3.23. The zero-order valence-electron chi connectivity index (χ0n) is 41.3. The van der Waals surface area contributed by atoms with Gasteiger partial charge in [0.25, 0.3) is 0 Å². The standard InChI is InChI=1S/C54H99NO7/c1-6-8-10-12-14-16-18-20-22-24-25-26-27-29-30-32-34-36-38-40-42-44-52(56)61-49-50(48-60-47-46-51(54(58)59)55(3,4)5)62-53(57)45-43-41-39-37-35-33-31-28-23-21-19-17-15-13-11-9-7-2/h21,23,31,33,37,39,50-51H,6-20,22,24-30,32,34-36,38,40-49H2,1-5H3/p+1/b23-21+,33-31+,39-37+. The molecule has 0 aliphatic carbocycles. The van der Waals surface area contributed by atoms with E-state index in [0.717, 1.165) is 38.5 Å². The van der Waals surface area contributed by atoms with Crippen molar-refractivity contribution in [2.45, 2.75) is 251 Å². The Morgan fingerprint density at radius 3 is 1.31 bits per heavy atom. The fraction of sp³-hybridized carbons (Fsp3) is 0.833. The van der Waals surface area contributed by atoms with Crippen molar-refractivity contribution in [2.75, 3.05) is 41.0 Å². The number of esters is 2. The number of carbonyl (C=O) groups is 3. The highest BCUT2D eigenvalue weighted by Crippen LogP contribution is 2.16. The number of aliphatic carboxylic acids is 1. The maximum absolute atomic E-state index is 12.8. The number of nitrogens with zero attached hydrogens (tertiary/aromatic N) is 1. The second-order valence-electron chi connectivity index (χ2n) is 18.8. The van der Waals surface area contributed by atoms with Gasteiger partial charge in [0.05, 0.1) is 34.4 Å². The Kier molecular flexibility index (Phi) is 43.3. The van der Waals surface area contributed by atoms with E-state index in [-0.39, 0.29) is 42.7 Å². The second-order valence-corrected chi connectivity index (χ2v) is 18.8. The summed E-state index contributed by atoms with van der Waals surface area (Å²) in [5.41, 5.74) is 0. The molecular weight excluding hydrogens is 775 g/mol. The van der Waals surface area contributed by atoms with E-state index in [9.17, 15) is 19.5 Å². The van der Waals surface area contributed by atoms with Crippen molar-refractivity contribution < 1.29 is 38.2 Å². The van der Waals surface area contributed by atoms with Gasteiger partial charge in [-0.1, -0.05) is 211 Å². The van der Waals surface area contributed by atoms with Crippen molar-refractivity contribution >= 4 is 17.9 Å². The number of carboxylic acids is 1. The van der Waals surface area contributed by atoms with Gasteiger partial charge in [0.2, 0.25) is 0 Å². The van der Waals surface area contributed by atoms with Crippen LogP contribution >= 0.6 is 0 Å². The zero-order valence-corrected chi connectivity index (χ0v) is 41.3. The highest BCUT2D eigenvalue weighted by molar-refractivity contribution is 5.72. The highest BCUT2D eigenvalue weighted by Gasteiger charge is 2.31. The lowest BCUT2D eigenvalue weighted by molar-refractivity contribution is -0.887. The topological polar surface area (TPSA) is 99.1 Å². The summed E-state index contributed by atoms with van der Waals surface area (Å²) < 4.78 is 17.3. The summed E-state index contributed by atoms with van der Waals surface area (Å²) >= 11 is 0. The van der Waals surface area contributed by atoms with E-state index in [1.54, 1.807) is 0 Å². The van der Waals surface area contributed by atoms with E-state index in [0.29, 0.717) is 19.3 Å². The third-order valence-corrected chi connectivity index (χ3v) is 11.8. The number of rotatable bonds is 47. The van der Waals surface area contributed by atoms with Crippen molar-refractivity contribution in [3.63, 3.8) is 0 Å². The number of hydrogen-bond acceptors (Lipinski definition) is 6. The minimum absolute atomic E-state index is 0.0440. The van der Waals surface area contributed by atoms with Crippen LogP contribution in [0.4, 0.5) is 0 Å². The quantitative estimate of drug-likeness (QED) is 0.0281. The number of hydrogen-bond donors (Lipinski definition) is 1. The Morgan fingerprint density at radius 1 is 0.484 bits per heavy atom. The van der Waals surface area contributed by atoms with Crippen LogP contribution in [0.15, 0.2) is 36.5 Å². The van der Waals surface area contributed by atoms with Crippen molar-refractivity contribution in [3.8, 4) is 0 Å². The molecule has 0 fully saturated rings. The van der Waals surface area contributed by atoms with Crippen LogP contribution in [0.3, 0.4) is 0 Å². The van der Waals surface area contributed by atoms with Crippen LogP contribution in [0, 0.1) is 0 Å². The predicted octanol–water partition coefficient (Wildman–Crippen LogP) is 15.0. The lowest BCUT2D eigenvalue weighted by Gasteiger charge is -2.31. The maximum atomic E-state index is 12.8. The minimum Gasteiger partial charge on any atom is -0.477 e. The number of quaternary nitrogens is 1. The molecule has 8 heteroatoms. The summed E-state index contributed by atoms with van der Waals surface area (Å²) in [6.07, 6.45) is 53.5. The van der Waals surface area contributed by atoms with Gasteiger partial charge in [-0.3, -0.25) is 9.59 Å². The molecule has 0 aromatic rings. The fourth-order valence-electron chi connectivity index (χ4n) is 7.76. The van der Waals surface area contributed by atoms with Crippen LogP contribution in [-0.4, -0.2) is 80.6 Å². The van der Waals surface area contributed by atoms with Crippen LogP contribution in [0.1, 0.15) is 239 Å². The molecule has 0 amide bonds. The molecule has 0 aliphatic heterocycles. The van der Waals surface area contributed by atoms with E-state index in [4.69, 9.17) is 14.2 Å². The van der Waals surface area contributed by atoms with Crippen LogP contribution in [0.25, 0.3) is 0 Å². The molecule has 0 aliphatic rings. The summed E-state index contributed by atoms with van der Waals surface area (Å²) in [6, 6.07) is -0.622. The molecule has 8 nitrogen and oxygen atoms in total. The summed E-state index contributed by atoms with van der Waals surface area (Å²) in [5.74, 6) is -1.52. The van der Waals surface area contributed by atoms with E-state index in [2.05, 4.69) is 50.3 Å². The van der Waals surface area contributed by atoms with Gasteiger partial charge in [-0.15, -0.1) is 0 Å². The van der Waals surface area contributed by atoms with E-state index < -0.39 is 18.1 Å². The van der Waals surface area contributed by atoms with Gasteiger partial charge in [-0.2, -0.15) is 0 Å². The van der Waals surface area contributed by atoms with Gasteiger partial charge < -0.3 is 23.8 Å². The molecule has 1 N–H and O–H groups in total. The smallest absolute Gasteiger partial charge is 0.362 e. The molecule has 0 aromatic carbocycles. The first kappa shape index (κ1) is 59.5. The Morgan fingerprint density at radius 2 is 0.871 bits per heavy atom. The van der Waals surface area contributed by atoms with Crippen LogP contribution in [-0.2, 0) is 28.6 Å². The summed E-state index contributed by atoms with van der Waals surface area (Å²) in [4.78, 5) is 37.1. The van der Waals surface area contributed by atoms with Gasteiger partial charge in [-0.25, -0.2) is 4.79 Å². The van der Waals surface area contributed by atoms with Crippen molar-refractivity contribution in [1.82, 2.24) is 0 Å². The fourth-order valence-corrected chi connectivity index (χ4v) is 7.76. The van der Waals surface area contributed by atoms with Gasteiger partial charge in [0, 0.05) is 19.3 Å². The maximum Gasteiger partial charge on any atom is 0.362 e. The molecule has 2 unspecified atom stereocenters. The second kappa shape index (κ2) is 45.1. The Bertz CT molecular complexity index is 1110. The third-order valence-electron chi connectivity index (χ3n) is 11.8. The Hall–Kier alpha value is -2.45. The SMILES string of the molecule is CCCCCCCC/C=C/C/C=C/C/C=C/CCCC(=O)OC(COCCC(C(=O)O)[N+](C)(C)C)COC(=O)CCCCCCCCCCCCCCCCCCCCCCC. The summed E-state index contributed by atoms with van der Waals surface area (Å²) in [5, 5.41) is 9.65. The number of allylic oxidation sites excluding steroid dienone is 6. The molecule has 362 valence electrons. The molecule has 0 bridgehead atoms. The first-order valence-electron chi connectivity index (χ1n) is 26.0. The first-order chi connectivity index (χ1) is 30.1. The largest absolute Gasteiger partial charge is 0.477 e. The van der Waals surface area contributed by atoms with Gasteiger partial charge in [-0.05, 0) is 44.9 Å². The highest BCUT2D eigenvalue weighted by atomic mass is 16.6. The Balaban J connectivity index is 4.26. The average molecular weight is 875 g/mol. The normalized spacial score (nSPS) is 13.1. The molecular formula is C54H100NO7+. The van der Waals surface area contributed by atoms with Crippen LogP contribution < -0.4 is 0 Å². The molecule has 0 saturated heterocycles. The lowest BCUT2D eigenvalue weighted by Crippen LogP contribution is -2.50. The van der Waals surface area contributed by atoms with Crippen molar-refractivity contribution in [1.29, 1.82) is 0 Å². The molecule has 0 aromatic heterocycles.